The van der Waals surface area contributed by atoms with Crippen LogP contribution in [0.5, 0.6) is 0 Å². The average molecular weight is 944 g/mol. The average Bonchev–Trinajstić information content (AvgIpc) is 3.33. The first-order valence-electron chi connectivity index (χ1n) is 29.8. The van der Waals surface area contributed by atoms with Crippen molar-refractivity contribution in [2.75, 3.05) is 13.2 Å². The minimum atomic E-state index is -0.773. The fraction of sp³-hybridized carbons (Fsp3) is 0.885. The van der Waals surface area contributed by atoms with Crippen LogP contribution < -0.4 is 0 Å². The third-order valence-electron chi connectivity index (χ3n) is 13.5. The number of allylic oxidation sites excluding steroid dienone is 4. The van der Waals surface area contributed by atoms with Gasteiger partial charge in [-0.2, -0.15) is 0 Å². The molecule has 0 radical (unpaired) electrons. The van der Waals surface area contributed by atoms with E-state index in [0.29, 0.717) is 19.3 Å². The quantitative estimate of drug-likeness (QED) is 0.0262. The third kappa shape index (κ3) is 54.7. The van der Waals surface area contributed by atoms with E-state index < -0.39 is 6.10 Å². The van der Waals surface area contributed by atoms with Gasteiger partial charge >= 0.3 is 17.9 Å². The van der Waals surface area contributed by atoms with Crippen LogP contribution in [-0.2, 0) is 28.6 Å². The van der Waals surface area contributed by atoms with Crippen molar-refractivity contribution in [2.24, 2.45) is 0 Å². The van der Waals surface area contributed by atoms with E-state index in [1.54, 1.807) is 0 Å². The van der Waals surface area contributed by atoms with Crippen LogP contribution in [0.4, 0.5) is 0 Å². The molecule has 0 saturated carbocycles. The van der Waals surface area contributed by atoms with Gasteiger partial charge in [-0.15, -0.1) is 0 Å². The summed E-state index contributed by atoms with van der Waals surface area (Å²) in [6.07, 6.45) is 66.1. The number of carbonyl (C=O) groups is 3. The zero-order chi connectivity index (χ0) is 48.6. The first-order chi connectivity index (χ1) is 33.0. The highest BCUT2D eigenvalue weighted by Gasteiger charge is 2.19. The highest BCUT2D eigenvalue weighted by molar-refractivity contribution is 5.71. The molecule has 0 aliphatic heterocycles. The van der Waals surface area contributed by atoms with Crippen LogP contribution in [0.15, 0.2) is 24.3 Å². The van der Waals surface area contributed by atoms with Crippen molar-refractivity contribution in [3.8, 4) is 0 Å². The van der Waals surface area contributed by atoms with Crippen LogP contribution in [0.25, 0.3) is 0 Å². The molecule has 6 heteroatoms. The standard InChI is InChI=1S/C61H114O6/c1-4-7-10-13-16-19-22-24-26-27-28-29-30-31-32-33-34-35-37-39-42-45-48-51-54-60(63)66-57-58(56-65-59(62)53-50-47-44-41-38-21-18-15-12-9-6-3)67-61(64)55-52-49-46-43-40-36-25-23-20-17-14-11-8-5-2/h14,17,23,25,58H,4-13,15-16,18-22,24,26-57H2,1-3H3/b17-14-,25-23-. The van der Waals surface area contributed by atoms with Gasteiger partial charge in [0.1, 0.15) is 13.2 Å². The van der Waals surface area contributed by atoms with Gasteiger partial charge in [-0.25, -0.2) is 0 Å². The van der Waals surface area contributed by atoms with E-state index in [9.17, 15) is 14.4 Å². The summed E-state index contributed by atoms with van der Waals surface area (Å²) in [4.78, 5) is 38.1. The Hall–Kier alpha value is -2.11. The van der Waals surface area contributed by atoms with E-state index >= 15 is 0 Å². The molecule has 394 valence electrons. The van der Waals surface area contributed by atoms with Gasteiger partial charge < -0.3 is 14.2 Å². The summed E-state index contributed by atoms with van der Waals surface area (Å²) in [5, 5.41) is 0. The smallest absolute Gasteiger partial charge is 0.306 e. The topological polar surface area (TPSA) is 78.9 Å². The highest BCUT2D eigenvalue weighted by Crippen LogP contribution is 2.17. The SMILES string of the molecule is CCCC/C=C\C/C=C\CCCCCCCC(=O)OC(COC(=O)CCCCCCCCCCCCC)COC(=O)CCCCCCCCCCCCCCCCCCCCCCCCCC. The lowest BCUT2D eigenvalue weighted by Crippen LogP contribution is -2.30. The molecule has 6 nitrogen and oxygen atoms in total. The maximum absolute atomic E-state index is 12.8. The molecule has 0 aromatic heterocycles. The second-order valence-corrected chi connectivity index (χ2v) is 20.3. The third-order valence-corrected chi connectivity index (χ3v) is 13.5. The number of rotatable bonds is 55. The molecule has 0 aliphatic carbocycles. The van der Waals surface area contributed by atoms with Crippen molar-refractivity contribution in [1.82, 2.24) is 0 Å². The molecule has 67 heavy (non-hydrogen) atoms. The fourth-order valence-electron chi connectivity index (χ4n) is 8.93. The van der Waals surface area contributed by atoms with Crippen molar-refractivity contribution in [1.29, 1.82) is 0 Å². The predicted molar refractivity (Wildman–Crippen MR) is 289 cm³/mol. The minimum absolute atomic E-state index is 0.0717. The van der Waals surface area contributed by atoms with Crippen molar-refractivity contribution in [2.45, 2.75) is 335 Å². The largest absolute Gasteiger partial charge is 0.462 e. The van der Waals surface area contributed by atoms with E-state index in [0.717, 1.165) is 83.5 Å². The maximum Gasteiger partial charge on any atom is 0.306 e. The first kappa shape index (κ1) is 64.9. The molecule has 0 aliphatic rings. The van der Waals surface area contributed by atoms with Gasteiger partial charge in [0.05, 0.1) is 0 Å². The molecule has 0 bridgehead atoms. The number of hydrogen-bond donors (Lipinski definition) is 0. The number of carbonyl (C=O) groups excluding carboxylic acids is 3. The van der Waals surface area contributed by atoms with Crippen LogP contribution in [0, 0.1) is 0 Å². The molecule has 0 aromatic carbocycles. The molecule has 1 atom stereocenters. The molecular weight excluding hydrogens is 829 g/mol. The van der Waals surface area contributed by atoms with Crippen molar-refractivity contribution >= 4 is 17.9 Å². The van der Waals surface area contributed by atoms with Crippen LogP contribution >= 0.6 is 0 Å². The lowest BCUT2D eigenvalue weighted by Gasteiger charge is -2.18. The van der Waals surface area contributed by atoms with E-state index in [-0.39, 0.29) is 31.1 Å². The maximum atomic E-state index is 12.8. The van der Waals surface area contributed by atoms with Gasteiger partial charge in [0.15, 0.2) is 6.10 Å². The summed E-state index contributed by atoms with van der Waals surface area (Å²) in [6.45, 7) is 6.63. The zero-order valence-corrected chi connectivity index (χ0v) is 45.2. The Bertz CT molecular complexity index is 1080. The van der Waals surface area contributed by atoms with Crippen molar-refractivity contribution < 1.29 is 28.6 Å². The van der Waals surface area contributed by atoms with E-state index in [1.807, 2.05) is 0 Å². The Labute approximate surface area is 417 Å². The van der Waals surface area contributed by atoms with Gasteiger partial charge in [-0.1, -0.05) is 289 Å². The summed E-state index contributed by atoms with van der Waals surface area (Å²) in [5.74, 6) is -0.866. The Kier molecular flexibility index (Phi) is 54.7. The predicted octanol–water partition coefficient (Wildman–Crippen LogP) is 19.9. The normalized spacial score (nSPS) is 12.1. The molecule has 0 saturated heterocycles. The first-order valence-corrected chi connectivity index (χ1v) is 29.8. The van der Waals surface area contributed by atoms with E-state index in [1.165, 1.54) is 205 Å². The van der Waals surface area contributed by atoms with Gasteiger partial charge in [-0.05, 0) is 44.9 Å². The van der Waals surface area contributed by atoms with E-state index in [4.69, 9.17) is 14.2 Å². The molecule has 0 aromatic rings. The van der Waals surface area contributed by atoms with Gasteiger partial charge in [0, 0.05) is 19.3 Å². The Morgan fingerprint density at radius 1 is 0.299 bits per heavy atom. The Morgan fingerprint density at radius 2 is 0.552 bits per heavy atom. The molecule has 0 heterocycles. The summed E-state index contributed by atoms with van der Waals surface area (Å²) in [6, 6.07) is 0. The van der Waals surface area contributed by atoms with Crippen LogP contribution in [0.3, 0.4) is 0 Å². The Balaban J connectivity index is 4.19. The van der Waals surface area contributed by atoms with Crippen LogP contribution in [-0.4, -0.2) is 37.2 Å². The molecule has 0 amide bonds. The van der Waals surface area contributed by atoms with Crippen molar-refractivity contribution in [3.63, 3.8) is 0 Å². The van der Waals surface area contributed by atoms with Crippen LogP contribution in [0.1, 0.15) is 329 Å². The van der Waals surface area contributed by atoms with E-state index in [2.05, 4.69) is 45.1 Å². The number of unbranched alkanes of at least 4 members (excludes halogenated alkanes) is 40. The molecular formula is C61H114O6. The second kappa shape index (κ2) is 56.5. The summed E-state index contributed by atoms with van der Waals surface area (Å²) < 4.78 is 16.9. The summed E-state index contributed by atoms with van der Waals surface area (Å²) in [7, 11) is 0. The zero-order valence-electron chi connectivity index (χ0n) is 45.2. The molecule has 0 rings (SSSR count). The lowest BCUT2D eigenvalue weighted by atomic mass is 10.0. The second-order valence-electron chi connectivity index (χ2n) is 20.3. The molecule has 0 fully saturated rings. The number of ether oxygens (including phenoxy) is 3. The monoisotopic (exact) mass is 943 g/mol. The number of hydrogen-bond acceptors (Lipinski definition) is 6. The van der Waals surface area contributed by atoms with Gasteiger partial charge in [-0.3, -0.25) is 14.4 Å². The molecule has 1 unspecified atom stereocenters. The van der Waals surface area contributed by atoms with Crippen molar-refractivity contribution in [3.05, 3.63) is 24.3 Å². The molecule has 0 N–H and O–H groups in total. The van der Waals surface area contributed by atoms with Gasteiger partial charge in [0.25, 0.3) is 0 Å². The summed E-state index contributed by atoms with van der Waals surface area (Å²) in [5.41, 5.74) is 0. The Morgan fingerprint density at radius 3 is 0.866 bits per heavy atom. The number of esters is 3. The lowest BCUT2D eigenvalue weighted by molar-refractivity contribution is -0.167. The fourth-order valence-corrected chi connectivity index (χ4v) is 8.93. The minimum Gasteiger partial charge on any atom is -0.462 e. The van der Waals surface area contributed by atoms with Gasteiger partial charge in [0.2, 0.25) is 0 Å². The summed E-state index contributed by atoms with van der Waals surface area (Å²) >= 11 is 0. The highest BCUT2D eigenvalue weighted by atomic mass is 16.6. The van der Waals surface area contributed by atoms with Crippen LogP contribution in [0.2, 0.25) is 0 Å². The molecule has 0 spiro atoms.